The first-order chi connectivity index (χ1) is 27.5. The van der Waals surface area contributed by atoms with Crippen molar-refractivity contribution in [2.24, 2.45) is 0 Å². The first kappa shape index (κ1) is 48.2. The van der Waals surface area contributed by atoms with Gasteiger partial charge in [-0.25, -0.2) is 9.59 Å². The average molecular weight is 777 g/mol. The van der Waals surface area contributed by atoms with Gasteiger partial charge in [-0.2, -0.15) is 0 Å². The summed E-state index contributed by atoms with van der Waals surface area (Å²) in [5, 5.41) is 14.1. The summed E-state index contributed by atoms with van der Waals surface area (Å²) < 4.78 is 10.6. The lowest BCUT2D eigenvalue weighted by atomic mass is 10.1. The standard InChI is InChI=1S/C21H4.C16H23N3O4.C10H17NO3/c1-3-5-7-9-11-13-15-17-19-21-20-18-16-14-12-10-8-6-4-2;1-16(2,3)23-15(20)18-9-5-7-13(11-18)17-12-6-4-8-14(10-12)19(21)22;1-10(2,3)14-9(13)11-6-4-5-8(12)7-11/h1H,2H3;4,6,8,10,13,17H,5,7,9,11H2,1-3H3;4-7H2,1-3H3. The second-order valence-electron chi connectivity index (χ2n) is 13.8. The average Bonchev–Trinajstić information content (AvgIpc) is 3.15. The zero-order valence-corrected chi connectivity index (χ0v) is 33.8. The lowest BCUT2D eigenvalue weighted by molar-refractivity contribution is -0.384. The van der Waals surface area contributed by atoms with E-state index < -0.39 is 16.1 Å². The van der Waals surface area contributed by atoms with E-state index in [0.717, 1.165) is 19.3 Å². The van der Waals surface area contributed by atoms with E-state index in [2.05, 4.69) is 118 Å². The molecule has 294 valence electrons. The molecule has 0 spiro atoms. The number of nitro benzene ring substituents is 1. The molecule has 1 unspecified atom stereocenters. The van der Waals surface area contributed by atoms with Crippen LogP contribution < -0.4 is 5.32 Å². The first-order valence-electron chi connectivity index (χ1n) is 17.9. The molecular weight excluding hydrogens is 733 g/mol. The van der Waals surface area contributed by atoms with E-state index in [4.69, 9.17) is 15.9 Å². The van der Waals surface area contributed by atoms with Gasteiger partial charge >= 0.3 is 12.2 Å². The van der Waals surface area contributed by atoms with Gasteiger partial charge in [-0.15, -0.1) is 6.42 Å². The lowest BCUT2D eigenvalue weighted by Gasteiger charge is -2.34. The normalized spacial score (nSPS) is 13.1. The molecule has 3 rings (SSSR count). The number of hydrogen-bond donors (Lipinski definition) is 1. The van der Waals surface area contributed by atoms with Crippen LogP contribution in [0.4, 0.5) is 21.0 Å². The molecular formula is C47H44N4O7. The van der Waals surface area contributed by atoms with Crippen LogP contribution in [-0.2, 0) is 14.3 Å². The number of ether oxygens (including phenoxy) is 2. The Bertz CT molecular complexity index is 2290. The molecule has 1 N–H and O–H groups in total. The van der Waals surface area contributed by atoms with Crippen molar-refractivity contribution in [1.82, 2.24) is 9.80 Å². The zero-order valence-electron chi connectivity index (χ0n) is 33.8. The number of rotatable bonds is 3. The Kier molecular flexibility index (Phi) is 22.4. The van der Waals surface area contributed by atoms with E-state index in [1.165, 1.54) is 17.0 Å². The highest BCUT2D eigenvalue weighted by atomic mass is 16.6. The molecule has 0 aromatic heterocycles. The van der Waals surface area contributed by atoms with Gasteiger partial charge in [0, 0.05) is 61.8 Å². The minimum atomic E-state index is -0.516. The number of piperidine rings is 2. The number of nitrogens with zero attached hydrogens (tertiary/aromatic N) is 3. The molecule has 2 aliphatic heterocycles. The van der Waals surface area contributed by atoms with Gasteiger partial charge in [0.1, 0.15) is 11.2 Å². The molecule has 58 heavy (non-hydrogen) atoms. The highest BCUT2D eigenvalue weighted by Gasteiger charge is 2.28. The minimum Gasteiger partial charge on any atom is -0.444 e. The number of hydrogen-bond acceptors (Lipinski definition) is 8. The molecule has 2 heterocycles. The van der Waals surface area contributed by atoms with Gasteiger partial charge in [-0.1, -0.05) is 12.0 Å². The predicted octanol–water partition coefficient (Wildman–Crippen LogP) is 5.66. The van der Waals surface area contributed by atoms with Crippen molar-refractivity contribution in [1.29, 1.82) is 0 Å². The summed E-state index contributed by atoms with van der Waals surface area (Å²) in [7, 11) is 0. The molecule has 0 saturated carbocycles. The molecule has 1 aromatic carbocycles. The van der Waals surface area contributed by atoms with Crippen LogP contribution in [0.3, 0.4) is 0 Å². The Morgan fingerprint density at radius 2 is 1.22 bits per heavy atom. The van der Waals surface area contributed by atoms with Crippen LogP contribution in [0.15, 0.2) is 24.3 Å². The summed E-state index contributed by atoms with van der Waals surface area (Å²) in [4.78, 5) is 48.3. The molecule has 1 aromatic rings. The summed E-state index contributed by atoms with van der Waals surface area (Å²) >= 11 is 0. The van der Waals surface area contributed by atoms with Gasteiger partial charge in [-0.3, -0.25) is 14.9 Å². The maximum absolute atomic E-state index is 12.1. The number of amides is 2. The lowest BCUT2D eigenvalue weighted by Crippen LogP contribution is -2.46. The van der Waals surface area contributed by atoms with Crippen molar-refractivity contribution in [2.75, 3.05) is 31.5 Å². The monoisotopic (exact) mass is 776 g/mol. The summed E-state index contributed by atoms with van der Waals surface area (Å²) in [6.45, 7) is 14.7. The number of non-ortho nitro benzene ring substituents is 1. The van der Waals surface area contributed by atoms with Crippen LogP contribution in [0.2, 0.25) is 0 Å². The Labute approximate surface area is 343 Å². The SMILES string of the molecule is C#CC#CC#CC#CC#CC#CC#CC#CC#CC#CC.CC(C)(C)OC(=O)N1CCCC(=O)C1.CC(C)(C)OC(=O)N1CCCC(Nc2cccc([N+](=O)[O-])c2)C1. The molecule has 11 heteroatoms. The van der Waals surface area contributed by atoms with E-state index in [0.29, 0.717) is 31.7 Å². The number of ketones is 1. The number of carbonyl (C=O) groups is 3. The van der Waals surface area contributed by atoms with Crippen molar-refractivity contribution in [3.8, 4) is 119 Å². The number of likely N-dealkylation sites (tertiary alicyclic amines) is 2. The maximum Gasteiger partial charge on any atom is 0.410 e. The summed E-state index contributed by atoms with van der Waals surface area (Å²) in [5.74, 6) is 47.0. The van der Waals surface area contributed by atoms with Crippen molar-refractivity contribution in [3.63, 3.8) is 0 Å². The first-order valence-corrected chi connectivity index (χ1v) is 17.9. The van der Waals surface area contributed by atoms with Crippen LogP contribution in [0.25, 0.3) is 0 Å². The smallest absolute Gasteiger partial charge is 0.410 e. The van der Waals surface area contributed by atoms with Gasteiger partial charge in [0.05, 0.1) is 11.5 Å². The van der Waals surface area contributed by atoms with Crippen molar-refractivity contribution >= 4 is 29.3 Å². The highest BCUT2D eigenvalue weighted by Crippen LogP contribution is 2.22. The summed E-state index contributed by atoms with van der Waals surface area (Å²) in [6, 6.07) is 6.46. The Morgan fingerprint density at radius 3 is 1.67 bits per heavy atom. The Hall–Kier alpha value is -7.77. The third kappa shape index (κ3) is 24.5. The molecule has 0 bridgehead atoms. The molecule has 0 aliphatic carbocycles. The number of nitro groups is 1. The summed E-state index contributed by atoms with van der Waals surface area (Å²) in [6.07, 6.45) is 7.30. The molecule has 2 saturated heterocycles. The summed E-state index contributed by atoms with van der Waals surface area (Å²) in [5.41, 5.74) is -0.264. The maximum atomic E-state index is 12.1. The van der Waals surface area contributed by atoms with Gasteiger partial charge in [0.15, 0.2) is 5.78 Å². The van der Waals surface area contributed by atoms with E-state index >= 15 is 0 Å². The minimum absolute atomic E-state index is 0.0507. The van der Waals surface area contributed by atoms with Crippen LogP contribution in [0.5, 0.6) is 0 Å². The topological polar surface area (TPSA) is 131 Å². The quantitative estimate of drug-likeness (QED) is 0.237. The predicted molar refractivity (Wildman–Crippen MR) is 224 cm³/mol. The molecule has 1 atom stereocenters. The van der Waals surface area contributed by atoms with E-state index in [9.17, 15) is 24.5 Å². The largest absolute Gasteiger partial charge is 0.444 e. The Morgan fingerprint density at radius 1 is 0.759 bits per heavy atom. The molecule has 2 fully saturated rings. The molecule has 2 aliphatic rings. The van der Waals surface area contributed by atoms with Crippen LogP contribution >= 0.6 is 0 Å². The Balaban J connectivity index is 0.000000448. The highest BCUT2D eigenvalue weighted by molar-refractivity contribution is 5.85. The van der Waals surface area contributed by atoms with E-state index in [1.807, 2.05) is 41.5 Å². The van der Waals surface area contributed by atoms with Crippen LogP contribution in [-0.4, -0.2) is 76.1 Å². The van der Waals surface area contributed by atoms with E-state index in [-0.39, 0.29) is 36.2 Å². The zero-order chi connectivity index (χ0) is 43.2. The third-order valence-corrected chi connectivity index (χ3v) is 6.60. The second kappa shape index (κ2) is 26.9. The number of nitrogens with one attached hydrogen (secondary N) is 1. The fourth-order valence-corrected chi connectivity index (χ4v) is 4.42. The number of Topliss-reactive ketones (excluding diaryl/α,β-unsaturated/α-hetero) is 1. The van der Waals surface area contributed by atoms with Gasteiger partial charge in [0.2, 0.25) is 0 Å². The number of terminal acetylenes is 1. The van der Waals surface area contributed by atoms with Gasteiger partial charge in [0.25, 0.3) is 5.69 Å². The van der Waals surface area contributed by atoms with Crippen molar-refractivity contribution in [2.45, 2.75) is 91.4 Å². The van der Waals surface area contributed by atoms with Crippen molar-refractivity contribution in [3.05, 3.63) is 34.4 Å². The fourth-order valence-electron chi connectivity index (χ4n) is 4.42. The molecule has 2 amide bonds. The number of benzene rings is 1. The van der Waals surface area contributed by atoms with Gasteiger partial charge in [-0.05, 0) is 169 Å². The number of anilines is 1. The second-order valence-corrected chi connectivity index (χ2v) is 13.8. The molecule has 11 nitrogen and oxygen atoms in total. The van der Waals surface area contributed by atoms with Gasteiger partial charge < -0.3 is 24.6 Å². The van der Waals surface area contributed by atoms with E-state index in [1.54, 1.807) is 24.0 Å². The van der Waals surface area contributed by atoms with Crippen molar-refractivity contribution < 1.29 is 28.8 Å². The van der Waals surface area contributed by atoms with Crippen LogP contribution in [0, 0.1) is 129 Å². The number of carbonyl (C=O) groups excluding carboxylic acids is 3. The fraction of sp³-hybridized carbons (Fsp3) is 0.383. The molecule has 0 radical (unpaired) electrons. The van der Waals surface area contributed by atoms with Crippen LogP contribution in [0.1, 0.15) is 74.1 Å². The third-order valence-electron chi connectivity index (χ3n) is 6.60.